The van der Waals surface area contributed by atoms with Gasteiger partial charge < -0.3 is 5.32 Å². The first kappa shape index (κ1) is 11.8. The Labute approximate surface area is 91.7 Å². The zero-order valence-corrected chi connectivity index (χ0v) is 10.6. The Bertz CT molecular complexity index is 390. The lowest BCUT2D eigenvalue weighted by atomic mass is 10.2. The van der Waals surface area contributed by atoms with E-state index in [1.54, 1.807) is 0 Å². The van der Waals surface area contributed by atoms with Gasteiger partial charge in [-0.1, -0.05) is 19.6 Å². The van der Waals surface area contributed by atoms with E-state index in [-0.39, 0.29) is 5.82 Å². The van der Waals surface area contributed by atoms with Gasteiger partial charge in [0.25, 0.3) is 0 Å². The molecular weight excluding hydrogens is 205 g/mol. The molecule has 0 radical (unpaired) electrons. The topological polar surface area (TPSA) is 12.0 Å². The van der Waals surface area contributed by atoms with Gasteiger partial charge in [0.2, 0.25) is 0 Å². The van der Waals surface area contributed by atoms with Gasteiger partial charge in [0.15, 0.2) is 0 Å². The number of hydrogen-bond donors (Lipinski definition) is 1. The molecule has 0 atom stereocenters. The summed E-state index contributed by atoms with van der Waals surface area (Å²) in [6.07, 6.45) is 0. The quantitative estimate of drug-likeness (QED) is 0.435. The molecule has 0 bridgehead atoms. The van der Waals surface area contributed by atoms with E-state index in [0.29, 0.717) is 0 Å². The van der Waals surface area contributed by atoms with Crippen molar-refractivity contribution in [2.45, 2.75) is 26.6 Å². The van der Waals surface area contributed by atoms with Crippen molar-refractivity contribution in [1.29, 1.82) is 0 Å². The lowest BCUT2D eigenvalue weighted by molar-refractivity contribution is 0.627. The zero-order chi connectivity index (χ0) is 11.5. The van der Waals surface area contributed by atoms with Crippen molar-refractivity contribution < 1.29 is 4.39 Å². The van der Waals surface area contributed by atoms with E-state index in [2.05, 4.69) is 36.5 Å². The van der Waals surface area contributed by atoms with E-state index in [1.165, 1.54) is 12.1 Å². The van der Waals surface area contributed by atoms with Crippen LogP contribution in [0.15, 0.2) is 18.2 Å². The van der Waals surface area contributed by atoms with Gasteiger partial charge in [0, 0.05) is 11.7 Å². The van der Waals surface area contributed by atoms with Crippen LogP contribution >= 0.6 is 0 Å². The highest BCUT2D eigenvalue weighted by atomic mass is 28.3. The Morgan fingerprint density at radius 2 is 1.87 bits per heavy atom. The largest absolute Gasteiger partial charge is 0.315 e. The van der Waals surface area contributed by atoms with Gasteiger partial charge in [0.1, 0.15) is 13.9 Å². The summed E-state index contributed by atoms with van der Waals surface area (Å²) in [5, 5.41) is 2.92. The van der Waals surface area contributed by atoms with E-state index >= 15 is 0 Å². The standard InChI is InChI=1S/C12H16FNSi/c1-10-7-11(13)9-12(8-10)14-5-6-15(2,3)4/h7-9,14H,1-4H3. The van der Waals surface area contributed by atoms with Crippen molar-refractivity contribution in [1.82, 2.24) is 0 Å². The van der Waals surface area contributed by atoms with Crippen molar-refractivity contribution in [2.24, 2.45) is 0 Å². The Balaban J connectivity index is 2.77. The first-order valence-corrected chi connectivity index (χ1v) is 8.42. The second-order valence-electron chi connectivity index (χ2n) is 4.64. The Morgan fingerprint density at radius 3 is 2.40 bits per heavy atom. The monoisotopic (exact) mass is 221 g/mol. The van der Waals surface area contributed by atoms with Gasteiger partial charge in [-0.2, -0.15) is 0 Å². The number of aryl methyl sites for hydroxylation is 1. The minimum atomic E-state index is -1.36. The van der Waals surface area contributed by atoms with Crippen molar-refractivity contribution in [2.75, 3.05) is 5.32 Å². The molecule has 15 heavy (non-hydrogen) atoms. The summed E-state index contributed by atoms with van der Waals surface area (Å²) in [4.78, 5) is 0. The van der Waals surface area contributed by atoms with Crippen LogP contribution in [0, 0.1) is 24.3 Å². The molecule has 0 aliphatic rings. The number of hydrogen-bond acceptors (Lipinski definition) is 1. The van der Waals surface area contributed by atoms with Crippen LogP contribution in [0.5, 0.6) is 0 Å². The summed E-state index contributed by atoms with van der Waals surface area (Å²) in [6.45, 7) is 8.36. The number of anilines is 1. The summed E-state index contributed by atoms with van der Waals surface area (Å²) in [7, 11) is -1.36. The van der Waals surface area contributed by atoms with Gasteiger partial charge >= 0.3 is 0 Å². The van der Waals surface area contributed by atoms with Gasteiger partial charge in [-0.25, -0.2) is 4.39 Å². The molecule has 0 aliphatic heterocycles. The SMILES string of the molecule is Cc1cc(F)cc(NC#C[Si](C)(C)C)c1. The number of nitrogens with one attached hydrogen (secondary N) is 1. The molecule has 1 N–H and O–H groups in total. The summed E-state index contributed by atoms with van der Waals surface area (Å²) in [6, 6.07) is 7.72. The third-order valence-electron chi connectivity index (χ3n) is 1.69. The summed E-state index contributed by atoms with van der Waals surface area (Å²) in [5.74, 6) is -0.229. The zero-order valence-electron chi connectivity index (χ0n) is 9.61. The highest BCUT2D eigenvalue weighted by molar-refractivity contribution is 6.83. The first-order valence-electron chi connectivity index (χ1n) is 4.92. The van der Waals surface area contributed by atoms with Gasteiger partial charge in [-0.15, -0.1) is 5.54 Å². The molecule has 1 nitrogen and oxygen atoms in total. The lowest BCUT2D eigenvalue weighted by Gasteiger charge is -2.04. The van der Waals surface area contributed by atoms with Crippen molar-refractivity contribution in [3.05, 3.63) is 29.6 Å². The van der Waals surface area contributed by atoms with E-state index in [0.717, 1.165) is 11.3 Å². The molecule has 1 aromatic rings. The van der Waals surface area contributed by atoms with Crippen LogP contribution in [0.3, 0.4) is 0 Å². The molecule has 0 amide bonds. The van der Waals surface area contributed by atoms with Crippen LogP contribution in [-0.2, 0) is 0 Å². The first-order chi connectivity index (χ1) is 6.87. The third kappa shape index (κ3) is 4.66. The fraction of sp³-hybridized carbons (Fsp3) is 0.333. The molecule has 0 spiro atoms. The van der Waals surface area contributed by atoms with Crippen LogP contribution in [0.4, 0.5) is 10.1 Å². The summed E-state index contributed by atoms with van der Waals surface area (Å²) in [5.41, 5.74) is 4.78. The maximum absolute atomic E-state index is 13.0. The van der Waals surface area contributed by atoms with Gasteiger partial charge in [-0.3, -0.25) is 0 Å². The van der Waals surface area contributed by atoms with Crippen molar-refractivity contribution >= 4 is 13.8 Å². The van der Waals surface area contributed by atoms with Gasteiger partial charge in [0.05, 0.1) is 0 Å². The molecule has 0 fully saturated rings. The third-order valence-corrected chi connectivity index (χ3v) is 2.56. The van der Waals surface area contributed by atoms with Crippen molar-refractivity contribution in [3.8, 4) is 11.6 Å². The predicted octanol–water partition coefficient (Wildman–Crippen LogP) is 3.38. The Hall–Kier alpha value is -1.27. The predicted molar refractivity (Wildman–Crippen MR) is 65.9 cm³/mol. The highest BCUT2D eigenvalue weighted by Crippen LogP contribution is 2.12. The molecule has 3 heteroatoms. The summed E-state index contributed by atoms with van der Waals surface area (Å²) >= 11 is 0. The molecule has 0 saturated carbocycles. The minimum absolute atomic E-state index is 0.229. The number of rotatable bonds is 1. The summed E-state index contributed by atoms with van der Waals surface area (Å²) < 4.78 is 13.0. The molecule has 0 heterocycles. The van der Waals surface area contributed by atoms with E-state index in [1.807, 2.05) is 13.0 Å². The minimum Gasteiger partial charge on any atom is -0.315 e. The fourth-order valence-corrected chi connectivity index (χ4v) is 1.54. The smallest absolute Gasteiger partial charge is 0.131 e. The van der Waals surface area contributed by atoms with Crippen LogP contribution < -0.4 is 5.32 Å². The molecule has 0 unspecified atom stereocenters. The van der Waals surface area contributed by atoms with Crippen LogP contribution in [-0.4, -0.2) is 8.07 Å². The van der Waals surface area contributed by atoms with E-state index in [4.69, 9.17) is 0 Å². The molecule has 1 rings (SSSR count). The second-order valence-corrected chi connectivity index (χ2v) is 9.39. The Morgan fingerprint density at radius 1 is 1.20 bits per heavy atom. The number of halogens is 1. The molecule has 80 valence electrons. The van der Waals surface area contributed by atoms with Crippen LogP contribution in [0.1, 0.15) is 5.56 Å². The lowest BCUT2D eigenvalue weighted by Crippen LogP contribution is -2.16. The van der Waals surface area contributed by atoms with E-state index < -0.39 is 8.07 Å². The van der Waals surface area contributed by atoms with Crippen LogP contribution in [0.2, 0.25) is 19.6 Å². The average molecular weight is 221 g/mol. The Kier molecular flexibility index (Phi) is 3.54. The fourth-order valence-electron chi connectivity index (χ4n) is 1.10. The maximum Gasteiger partial charge on any atom is 0.131 e. The van der Waals surface area contributed by atoms with Crippen LogP contribution in [0.25, 0.3) is 0 Å². The molecule has 1 aromatic carbocycles. The normalized spacial score (nSPS) is 10.5. The van der Waals surface area contributed by atoms with Crippen molar-refractivity contribution in [3.63, 3.8) is 0 Å². The maximum atomic E-state index is 13.0. The molecule has 0 saturated heterocycles. The second kappa shape index (κ2) is 4.50. The average Bonchev–Trinajstić information content (AvgIpc) is 1.99. The molecule has 0 aromatic heterocycles. The number of benzene rings is 1. The molecular formula is C12H16FNSi. The highest BCUT2D eigenvalue weighted by Gasteiger charge is 2.07. The van der Waals surface area contributed by atoms with Gasteiger partial charge in [-0.05, 0) is 30.7 Å². The molecule has 0 aliphatic carbocycles. The van der Waals surface area contributed by atoms with E-state index in [9.17, 15) is 4.39 Å².